The lowest BCUT2D eigenvalue weighted by Crippen LogP contribution is -2.05. The summed E-state index contributed by atoms with van der Waals surface area (Å²) in [5, 5.41) is 2.04. The van der Waals surface area contributed by atoms with Crippen LogP contribution in [0.15, 0.2) is 17.0 Å². The van der Waals surface area contributed by atoms with Crippen LogP contribution >= 0.6 is 11.3 Å². The number of hydrogen-bond donors (Lipinski definition) is 0. The molecule has 0 fully saturated rings. The second kappa shape index (κ2) is 17.6. The molecule has 0 atom stereocenters. The highest BCUT2D eigenvalue weighted by Gasteiger charge is 2.18. The fraction of sp³-hybridized carbons (Fsp3) is 0.759. The Morgan fingerprint density at radius 2 is 1.13 bits per heavy atom. The Morgan fingerprint density at radius 3 is 1.61 bits per heavy atom. The molecule has 2 rings (SSSR count). The van der Waals surface area contributed by atoms with E-state index in [0.29, 0.717) is 12.2 Å². The van der Waals surface area contributed by atoms with Crippen LogP contribution in [0.2, 0.25) is 0 Å². The number of Topliss-reactive ketones (excluding diaryl/α,β-unsaturated/α-hetero) is 1. The molecule has 0 amide bonds. The first-order valence-electron chi connectivity index (χ1n) is 13.6. The van der Waals surface area contributed by atoms with Crippen LogP contribution in [-0.4, -0.2) is 5.78 Å². The molecule has 1 aromatic heterocycles. The van der Waals surface area contributed by atoms with Crippen LogP contribution in [0.4, 0.5) is 0 Å². The Bertz CT molecular complexity index is 612. The van der Waals surface area contributed by atoms with E-state index in [1.807, 2.05) is 11.4 Å². The third-order valence-electron chi connectivity index (χ3n) is 6.82. The molecule has 1 aliphatic rings. The van der Waals surface area contributed by atoms with Crippen LogP contribution in [0, 0.1) is 0 Å². The van der Waals surface area contributed by atoms with Crippen molar-refractivity contribution in [2.75, 3.05) is 0 Å². The van der Waals surface area contributed by atoms with Gasteiger partial charge in [0.25, 0.3) is 0 Å². The summed E-state index contributed by atoms with van der Waals surface area (Å²) in [6.07, 6.45) is 31.0. The molecular formula is C29H48OS. The smallest absolute Gasteiger partial charge is 0.168 e. The molecule has 0 saturated carbocycles. The van der Waals surface area contributed by atoms with Crippen LogP contribution < -0.4 is 0 Å². The normalized spacial score (nSPS) is 13.5. The Balaban J connectivity index is 1.29. The van der Waals surface area contributed by atoms with Crippen molar-refractivity contribution >= 4 is 23.2 Å². The van der Waals surface area contributed by atoms with Gasteiger partial charge in [0, 0.05) is 16.9 Å². The maximum atomic E-state index is 12.1. The first kappa shape index (κ1) is 26.4. The monoisotopic (exact) mass is 444 g/mol. The molecule has 0 unspecified atom stereocenters. The summed E-state index contributed by atoms with van der Waals surface area (Å²) in [6.45, 7) is 2.29. The predicted molar refractivity (Wildman–Crippen MR) is 139 cm³/mol. The van der Waals surface area contributed by atoms with E-state index in [-0.39, 0.29) is 0 Å². The zero-order valence-corrected chi connectivity index (χ0v) is 21.2. The van der Waals surface area contributed by atoms with Crippen molar-refractivity contribution in [3.8, 4) is 0 Å². The van der Waals surface area contributed by atoms with Crippen LogP contribution in [0.3, 0.4) is 0 Å². The van der Waals surface area contributed by atoms with Gasteiger partial charge in [0.1, 0.15) is 0 Å². The quantitative estimate of drug-likeness (QED) is 0.183. The lowest BCUT2D eigenvalue weighted by atomic mass is 9.93. The van der Waals surface area contributed by atoms with E-state index >= 15 is 0 Å². The van der Waals surface area contributed by atoms with E-state index in [4.69, 9.17) is 0 Å². The number of unbranched alkanes of at least 4 members (excludes halogenated alkanes) is 18. The first-order chi connectivity index (χ1) is 15.3. The van der Waals surface area contributed by atoms with Crippen LogP contribution in [0.1, 0.15) is 157 Å². The zero-order valence-electron chi connectivity index (χ0n) is 20.4. The third kappa shape index (κ3) is 12.1. The molecule has 1 nitrogen and oxygen atoms in total. The summed E-state index contributed by atoms with van der Waals surface area (Å²) in [7, 11) is 0. The summed E-state index contributed by atoms with van der Waals surface area (Å²) in [6, 6.07) is 1.98. The summed E-state index contributed by atoms with van der Waals surface area (Å²) >= 11 is 1.70. The van der Waals surface area contributed by atoms with E-state index < -0.39 is 0 Å². The zero-order chi connectivity index (χ0) is 22.0. The SMILES string of the molecule is CCCCCCCCCCCCCCCCCCCCCC1=Cc2sccc2C(=O)C1. The first-order valence-corrected chi connectivity index (χ1v) is 14.5. The average molecular weight is 445 g/mol. The average Bonchev–Trinajstić information content (AvgIpc) is 3.25. The summed E-state index contributed by atoms with van der Waals surface area (Å²) < 4.78 is 0. The number of fused-ring (bicyclic) bond motifs is 1. The molecule has 1 aliphatic carbocycles. The van der Waals surface area contributed by atoms with Gasteiger partial charge in [0.05, 0.1) is 0 Å². The van der Waals surface area contributed by atoms with Crippen molar-refractivity contribution in [2.45, 2.75) is 142 Å². The second-order valence-electron chi connectivity index (χ2n) is 9.72. The van der Waals surface area contributed by atoms with Crippen LogP contribution in [0.25, 0.3) is 6.08 Å². The molecule has 0 saturated heterocycles. The molecule has 2 heteroatoms. The number of ketones is 1. The standard InChI is InChI=1S/C29H48OS/c1-2-3-4-5-6-7-8-9-10-11-12-13-14-15-16-17-18-19-20-21-26-24-28(30)27-22-23-31-29(27)25-26/h22-23,25H,2-21,24H2,1H3. The van der Waals surface area contributed by atoms with Gasteiger partial charge in [-0.2, -0.15) is 0 Å². The van der Waals surface area contributed by atoms with Crippen molar-refractivity contribution in [3.63, 3.8) is 0 Å². The van der Waals surface area contributed by atoms with Crippen molar-refractivity contribution < 1.29 is 4.79 Å². The van der Waals surface area contributed by atoms with E-state index in [0.717, 1.165) is 12.0 Å². The number of thiophene rings is 1. The van der Waals surface area contributed by atoms with Gasteiger partial charge < -0.3 is 0 Å². The molecule has 0 spiro atoms. The minimum absolute atomic E-state index is 0.326. The van der Waals surface area contributed by atoms with E-state index in [2.05, 4.69) is 13.0 Å². The predicted octanol–water partition coefficient (Wildman–Crippen LogP) is 10.5. The van der Waals surface area contributed by atoms with Crippen LogP contribution in [0.5, 0.6) is 0 Å². The molecule has 31 heavy (non-hydrogen) atoms. The molecule has 176 valence electrons. The van der Waals surface area contributed by atoms with Gasteiger partial charge in [-0.15, -0.1) is 11.3 Å². The summed E-state index contributed by atoms with van der Waals surface area (Å²) in [4.78, 5) is 13.3. The van der Waals surface area contributed by atoms with Gasteiger partial charge in [0.2, 0.25) is 0 Å². The maximum Gasteiger partial charge on any atom is 0.168 e. The summed E-state index contributed by atoms with van der Waals surface area (Å²) in [5.74, 6) is 0.326. The van der Waals surface area contributed by atoms with Crippen molar-refractivity contribution in [1.82, 2.24) is 0 Å². The Kier molecular flexibility index (Phi) is 15.0. The lowest BCUT2D eigenvalue weighted by Gasteiger charge is -2.12. The largest absolute Gasteiger partial charge is 0.294 e. The third-order valence-corrected chi connectivity index (χ3v) is 7.68. The fourth-order valence-electron chi connectivity index (χ4n) is 4.79. The molecule has 1 aromatic rings. The van der Waals surface area contributed by atoms with Gasteiger partial charge in [-0.25, -0.2) is 0 Å². The number of hydrogen-bond acceptors (Lipinski definition) is 2. The van der Waals surface area contributed by atoms with Gasteiger partial charge in [0.15, 0.2) is 5.78 Å². The molecule has 1 heterocycles. The van der Waals surface area contributed by atoms with Gasteiger partial charge in [-0.3, -0.25) is 4.79 Å². The van der Waals surface area contributed by atoms with Crippen molar-refractivity contribution in [2.24, 2.45) is 0 Å². The number of allylic oxidation sites excluding steroid dienone is 1. The van der Waals surface area contributed by atoms with Gasteiger partial charge in [-0.1, -0.05) is 128 Å². The maximum absolute atomic E-state index is 12.1. The molecule has 0 N–H and O–H groups in total. The number of rotatable bonds is 20. The molecular weight excluding hydrogens is 396 g/mol. The lowest BCUT2D eigenvalue weighted by molar-refractivity contribution is 0.0991. The number of carbonyl (C=O) groups is 1. The van der Waals surface area contributed by atoms with Gasteiger partial charge in [-0.05, 0) is 30.4 Å². The van der Waals surface area contributed by atoms with E-state index in [1.165, 1.54) is 132 Å². The molecule has 0 radical (unpaired) electrons. The minimum Gasteiger partial charge on any atom is -0.294 e. The second-order valence-corrected chi connectivity index (χ2v) is 10.7. The molecule has 0 aromatic carbocycles. The van der Waals surface area contributed by atoms with E-state index in [1.54, 1.807) is 11.3 Å². The Labute approximate surface area is 197 Å². The highest BCUT2D eigenvalue weighted by molar-refractivity contribution is 7.11. The highest BCUT2D eigenvalue weighted by Crippen LogP contribution is 2.30. The molecule has 0 aliphatic heterocycles. The number of carbonyl (C=O) groups excluding carboxylic acids is 1. The Hall–Kier alpha value is -0.890. The minimum atomic E-state index is 0.326. The van der Waals surface area contributed by atoms with Crippen molar-refractivity contribution in [1.29, 1.82) is 0 Å². The topological polar surface area (TPSA) is 17.1 Å². The van der Waals surface area contributed by atoms with Gasteiger partial charge >= 0.3 is 0 Å². The fourth-order valence-corrected chi connectivity index (χ4v) is 5.69. The highest BCUT2D eigenvalue weighted by atomic mass is 32.1. The Morgan fingerprint density at radius 1 is 0.677 bits per heavy atom. The van der Waals surface area contributed by atoms with Crippen molar-refractivity contribution in [3.05, 3.63) is 27.5 Å². The molecule has 0 bridgehead atoms. The van der Waals surface area contributed by atoms with Crippen LogP contribution in [-0.2, 0) is 0 Å². The van der Waals surface area contributed by atoms with E-state index in [9.17, 15) is 4.79 Å². The summed E-state index contributed by atoms with van der Waals surface area (Å²) in [5.41, 5.74) is 2.30.